The highest BCUT2D eigenvalue weighted by molar-refractivity contribution is 6.19. The van der Waals surface area contributed by atoms with E-state index in [-0.39, 0.29) is 6.23 Å². The van der Waals surface area contributed by atoms with E-state index in [1.54, 1.807) is 0 Å². The third-order valence-corrected chi connectivity index (χ3v) is 10.3. The van der Waals surface area contributed by atoms with Gasteiger partial charge < -0.3 is 15.0 Å². The minimum Gasteiger partial charge on any atom is -0.464 e. The van der Waals surface area contributed by atoms with E-state index in [0.29, 0.717) is 0 Å². The van der Waals surface area contributed by atoms with Gasteiger partial charge in [-0.2, -0.15) is 0 Å². The van der Waals surface area contributed by atoms with Gasteiger partial charge in [0.15, 0.2) is 12.0 Å². The first-order valence-electron chi connectivity index (χ1n) is 17.8. The molecule has 0 radical (unpaired) electrons. The number of hydrogen-bond donors (Lipinski definition) is 1. The molecule has 52 heavy (non-hydrogen) atoms. The highest BCUT2D eigenvalue weighted by Crippen LogP contribution is 2.51. The summed E-state index contributed by atoms with van der Waals surface area (Å²) in [6.45, 7) is 0. The molecule has 1 atom stereocenters. The molecule has 0 aliphatic carbocycles. The predicted molar refractivity (Wildman–Crippen MR) is 218 cm³/mol. The fraction of sp³-hybridized carbons (Fsp3) is 0.0204. The summed E-state index contributed by atoms with van der Waals surface area (Å²) >= 11 is 0. The minimum atomic E-state index is -0.291. The molecule has 1 unspecified atom stereocenters. The van der Waals surface area contributed by atoms with Gasteiger partial charge in [-0.3, -0.25) is 0 Å². The molecule has 246 valence electrons. The number of nitrogens with zero attached hydrogens (tertiary/aromatic N) is 1. The smallest absolute Gasteiger partial charge is 0.196 e. The van der Waals surface area contributed by atoms with Crippen LogP contribution in [-0.2, 0) is 0 Å². The van der Waals surface area contributed by atoms with Gasteiger partial charge in [-0.05, 0) is 86.3 Å². The van der Waals surface area contributed by atoms with Gasteiger partial charge in [0.25, 0.3) is 0 Å². The van der Waals surface area contributed by atoms with Crippen LogP contribution in [0.3, 0.4) is 0 Å². The van der Waals surface area contributed by atoms with Gasteiger partial charge in [0, 0.05) is 33.4 Å². The van der Waals surface area contributed by atoms with Gasteiger partial charge >= 0.3 is 0 Å². The van der Waals surface area contributed by atoms with Gasteiger partial charge in [-0.15, -0.1) is 0 Å². The Morgan fingerprint density at radius 1 is 0.404 bits per heavy atom. The summed E-state index contributed by atoms with van der Waals surface area (Å²) in [4.78, 5) is 2.33. The predicted octanol–water partition coefficient (Wildman–Crippen LogP) is 13.5. The zero-order valence-corrected chi connectivity index (χ0v) is 28.4. The molecule has 1 aliphatic rings. The first kappa shape index (κ1) is 30.0. The van der Waals surface area contributed by atoms with E-state index in [9.17, 15) is 0 Å². The number of ether oxygens (including phenoxy) is 1. The van der Waals surface area contributed by atoms with E-state index in [4.69, 9.17) is 4.74 Å². The van der Waals surface area contributed by atoms with E-state index in [1.807, 2.05) is 6.07 Å². The Morgan fingerprint density at radius 3 is 1.83 bits per heavy atom. The zero-order valence-electron chi connectivity index (χ0n) is 28.4. The lowest BCUT2D eigenvalue weighted by atomic mass is 9.95. The Morgan fingerprint density at radius 2 is 1.02 bits per heavy atom. The van der Waals surface area contributed by atoms with Crippen LogP contribution in [0.15, 0.2) is 194 Å². The van der Waals surface area contributed by atoms with Crippen molar-refractivity contribution in [2.75, 3.05) is 10.2 Å². The molecule has 1 aliphatic heterocycles. The molecule has 9 aromatic carbocycles. The van der Waals surface area contributed by atoms with Crippen molar-refractivity contribution in [1.82, 2.24) is 0 Å². The van der Waals surface area contributed by atoms with Crippen molar-refractivity contribution in [1.29, 1.82) is 0 Å². The molecule has 3 nitrogen and oxygen atoms in total. The number of nitrogens with one attached hydrogen (secondary N) is 1. The van der Waals surface area contributed by atoms with Crippen molar-refractivity contribution in [3.05, 3.63) is 200 Å². The minimum absolute atomic E-state index is 0.291. The van der Waals surface area contributed by atoms with Crippen molar-refractivity contribution in [3.8, 4) is 28.0 Å². The summed E-state index contributed by atoms with van der Waals surface area (Å²) in [5.41, 5.74) is 10.1. The monoisotopic (exact) mass is 666 g/mol. The molecule has 9 aromatic rings. The summed E-state index contributed by atoms with van der Waals surface area (Å²) in [6, 6.07) is 69.2. The quantitative estimate of drug-likeness (QED) is 0.179. The average molecular weight is 667 g/mol. The Balaban J connectivity index is 1.13. The Labute approximate surface area is 303 Å². The van der Waals surface area contributed by atoms with Crippen LogP contribution in [0.25, 0.3) is 54.6 Å². The maximum absolute atomic E-state index is 6.88. The summed E-state index contributed by atoms with van der Waals surface area (Å²) in [7, 11) is 0. The molecule has 0 aromatic heterocycles. The number of rotatable bonds is 6. The third kappa shape index (κ3) is 5.14. The lowest BCUT2D eigenvalue weighted by Crippen LogP contribution is -2.10. The summed E-state index contributed by atoms with van der Waals surface area (Å²) in [5.74, 6) is 0.878. The second-order valence-corrected chi connectivity index (χ2v) is 13.4. The second-order valence-electron chi connectivity index (χ2n) is 13.4. The lowest BCUT2D eigenvalue weighted by molar-refractivity contribution is 0.262. The van der Waals surface area contributed by atoms with Crippen LogP contribution < -0.4 is 15.0 Å². The van der Waals surface area contributed by atoms with Crippen LogP contribution in [0.5, 0.6) is 5.75 Å². The van der Waals surface area contributed by atoms with E-state index in [1.165, 1.54) is 38.4 Å². The summed E-state index contributed by atoms with van der Waals surface area (Å²) in [5, 5.41) is 10.9. The van der Waals surface area contributed by atoms with Crippen LogP contribution in [0.1, 0.15) is 11.8 Å². The maximum atomic E-state index is 6.88. The number of anilines is 4. The SMILES string of the molecule is c1ccc(-c2ccc3c(c2)c2c(c4cc(N(c5ccccc5)c5ccc(-c6cccc7ccccc67)cc5)ccc43)OC(c3ccccc3)N2)cc1. The molecular formula is C49H34N2O. The van der Waals surface area contributed by atoms with Crippen molar-refractivity contribution in [2.45, 2.75) is 6.23 Å². The van der Waals surface area contributed by atoms with Gasteiger partial charge in [0.2, 0.25) is 0 Å². The highest BCUT2D eigenvalue weighted by atomic mass is 16.5. The molecule has 0 saturated heterocycles. The topological polar surface area (TPSA) is 24.5 Å². The molecule has 10 rings (SSSR count). The molecule has 1 N–H and O–H groups in total. The van der Waals surface area contributed by atoms with E-state index < -0.39 is 0 Å². The van der Waals surface area contributed by atoms with E-state index >= 15 is 0 Å². The maximum Gasteiger partial charge on any atom is 0.196 e. The summed E-state index contributed by atoms with van der Waals surface area (Å²) < 4.78 is 6.88. The number of hydrogen-bond acceptors (Lipinski definition) is 3. The third-order valence-electron chi connectivity index (χ3n) is 10.3. The lowest BCUT2D eigenvalue weighted by Gasteiger charge is -2.26. The molecule has 1 heterocycles. The summed E-state index contributed by atoms with van der Waals surface area (Å²) in [6.07, 6.45) is -0.291. The first-order chi connectivity index (χ1) is 25.8. The second kappa shape index (κ2) is 12.5. The van der Waals surface area contributed by atoms with Gasteiger partial charge in [-0.25, -0.2) is 0 Å². The molecule has 0 spiro atoms. The van der Waals surface area contributed by atoms with Crippen LogP contribution in [0.2, 0.25) is 0 Å². The van der Waals surface area contributed by atoms with Crippen LogP contribution >= 0.6 is 0 Å². The normalized spacial score (nSPS) is 13.5. The van der Waals surface area contributed by atoms with Crippen LogP contribution in [0.4, 0.5) is 22.7 Å². The Kier molecular flexibility index (Phi) is 7.21. The van der Waals surface area contributed by atoms with Crippen molar-refractivity contribution in [3.63, 3.8) is 0 Å². The average Bonchev–Trinajstić information content (AvgIpc) is 3.68. The van der Waals surface area contributed by atoms with Crippen LogP contribution in [0, 0.1) is 0 Å². The fourth-order valence-corrected chi connectivity index (χ4v) is 7.76. The standard InChI is InChI=1S/C49H34N2O/c1-4-13-33(14-5-1)37-25-29-43-44-30-28-40(32-46(44)48-47(45(43)31-37)50-49(52-48)36-16-6-2-7-17-36)51(38-19-8-3-9-20-38)39-26-23-35(24-27-39)42-22-12-18-34-15-10-11-21-41(34)42/h1-32,49-50H. The largest absolute Gasteiger partial charge is 0.464 e. The van der Waals surface area contributed by atoms with Crippen molar-refractivity contribution in [2.24, 2.45) is 0 Å². The van der Waals surface area contributed by atoms with E-state index in [2.05, 4.69) is 198 Å². The van der Waals surface area contributed by atoms with Gasteiger partial charge in [-0.1, -0.05) is 152 Å². The molecule has 3 heteroatoms. The molecular weight excluding hydrogens is 633 g/mol. The molecule has 0 amide bonds. The molecule has 0 saturated carbocycles. The highest BCUT2D eigenvalue weighted by Gasteiger charge is 2.29. The molecule has 0 bridgehead atoms. The number of benzene rings is 9. The Hall–Kier alpha value is -6.84. The number of fused-ring (bicyclic) bond motifs is 7. The molecule has 0 fully saturated rings. The van der Waals surface area contributed by atoms with Crippen molar-refractivity contribution >= 4 is 55.1 Å². The van der Waals surface area contributed by atoms with E-state index in [0.717, 1.165) is 50.2 Å². The van der Waals surface area contributed by atoms with Gasteiger partial charge in [0.05, 0.1) is 5.69 Å². The van der Waals surface area contributed by atoms with Crippen molar-refractivity contribution < 1.29 is 4.74 Å². The van der Waals surface area contributed by atoms with Gasteiger partial charge in [0.1, 0.15) is 0 Å². The number of para-hydroxylation sites is 1. The van der Waals surface area contributed by atoms with Crippen LogP contribution in [-0.4, -0.2) is 0 Å². The Bertz CT molecular complexity index is 2720. The first-order valence-corrected chi connectivity index (χ1v) is 17.8. The zero-order chi connectivity index (χ0) is 34.4. The fourth-order valence-electron chi connectivity index (χ4n) is 7.76.